The Morgan fingerprint density at radius 1 is 0.941 bits per heavy atom. The molecule has 8 heteroatoms. The van der Waals surface area contributed by atoms with E-state index in [0.29, 0.717) is 12.3 Å². The summed E-state index contributed by atoms with van der Waals surface area (Å²) >= 11 is 0. The van der Waals surface area contributed by atoms with Gasteiger partial charge in [-0.3, -0.25) is 4.79 Å². The average molecular weight is 469 g/mol. The highest BCUT2D eigenvalue weighted by Crippen LogP contribution is 2.44. The summed E-state index contributed by atoms with van der Waals surface area (Å²) in [4.78, 5) is 35.3. The van der Waals surface area contributed by atoms with Crippen LogP contribution in [-0.4, -0.2) is 54.0 Å². The molecule has 4 N–H and O–H groups in total. The third-order valence-corrected chi connectivity index (χ3v) is 5.94. The minimum absolute atomic E-state index is 0.0314. The molecule has 1 unspecified atom stereocenters. The fourth-order valence-corrected chi connectivity index (χ4v) is 4.41. The molecular weight excluding hydrogens is 436 g/mol. The van der Waals surface area contributed by atoms with Crippen LogP contribution in [0.1, 0.15) is 43.7 Å². The van der Waals surface area contributed by atoms with Crippen molar-refractivity contribution in [2.75, 3.05) is 19.7 Å². The molecule has 3 rings (SSSR count). The predicted octanol–water partition coefficient (Wildman–Crippen LogP) is 3.14. The molecule has 0 saturated carbocycles. The number of hydrogen-bond acceptors (Lipinski definition) is 5. The number of carboxylic acid groups (broad SMARTS) is 1. The van der Waals surface area contributed by atoms with Crippen LogP contribution in [0.15, 0.2) is 48.5 Å². The van der Waals surface area contributed by atoms with E-state index >= 15 is 0 Å². The van der Waals surface area contributed by atoms with Crippen molar-refractivity contribution in [2.45, 2.75) is 38.7 Å². The molecule has 0 aromatic heterocycles. The van der Waals surface area contributed by atoms with Gasteiger partial charge in [-0.2, -0.15) is 0 Å². The number of alkyl carbamates (subject to hydrolysis) is 1. The molecule has 182 valence electrons. The number of fused-ring (bicyclic) bond motifs is 3. The Kier molecular flexibility index (Phi) is 8.65. The molecule has 2 aromatic rings. The quantitative estimate of drug-likeness (QED) is 0.402. The number of carbonyl (C=O) groups excluding carboxylic acids is 2. The normalized spacial score (nSPS) is 14.1. The van der Waals surface area contributed by atoms with Gasteiger partial charge in [0.05, 0.1) is 6.54 Å². The molecule has 0 bridgehead atoms. The lowest BCUT2D eigenvalue weighted by Crippen LogP contribution is -2.39. The lowest BCUT2D eigenvalue weighted by molar-refractivity contribution is -0.146. The van der Waals surface area contributed by atoms with Crippen LogP contribution in [0.4, 0.5) is 4.79 Å². The first-order chi connectivity index (χ1) is 16.3. The highest BCUT2D eigenvalue weighted by atomic mass is 16.5. The van der Waals surface area contributed by atoms with Crippen molar-refractivity contribution in [1.29, 1.82) is 0 Å². The molecule has 0 heterocycles. The molecule has 2 atom stereocenters. The Morgan fingerprint density at radius 3 is 2.09 bits per heavy atom. The number of ether oxygens (including phenoxy) is 1. The van der Waals surface area contributed by atoms with Gasteiger partial charge in [-0.1, -0.05) is 62.4 Å². The first-order valence-corrected chi connectivity index (χ1v) is 11.5. The van der Waals surface area contributed by atoms with E-state index in [0.717, 1.165) is 22.3 Å². The van der Waals surface area contributed by atoms with Crippen molar-refractivity contribution in [3.8, 4) is 11.1 Å². The first kappa shape index (κ1) is 25.2. The number of hydrogen-bond donors (Lipinski definition) is 4. The minimum atomic E-state index is -1.65. The Hall–Kier alpha value is -3.39. The van der Waals surface area contributed by atoms with Gasteiger partial charge in [-0.25, -0.2) is 9.59 Å². The summed E-state index contributed by atoms with van der Waals surface area (Å²) in [7, 11) is 0. The lowest BCUT2D eigenvalue weighted by Gasteiger charge is -2.20. The van der Waals surface area contributed by atoms with E-state index in [1.165, 1.54) is 0 Å². The molecular formula is C26H32N2O6. The summed E-state index contributed by atoms with van der Waals surface area (Å²) in [6.45, 7) is 4.15. The summed E-state index contributed by atoms with van der Waals surface area (Å²) < 4.78 is 5.56. The molecule has 0 radical (unpaired) electrons. The number of carbonyl (C=O) groups is 3. The second kappa shape index (κ2) is 11.7. The fraction of sp³-hybridized carbons (Fsp3) is 0.423. The maximum Gasteiger partial charge on any atom is 0.407 e. The third-order valence-electron chi connectivity index (χ3n) is 5.94. The van der Waals surface area contributed by atoms with Gasteiger partial charge in [0.1, 0.15) is 6.61 Å². The zero-order valence-electron chi connectivity index (χ0n) is 19.5. The van der Waals surface area contributed by atoms with E-state index < -0.39 is 18.2 Å². The van der Waals surface area contributed by atoms with Gasteiger partial charge < -0.3 is 25.6 Å². The molecule has 0 fully saturated rings. The first-order valence-electron chi connectivity index (χ1n) is 11.5. The number of aliphatic hydroxyl groups excluding tert-OH is 1. The van der Waals surface area contributed by atoms with E-state index in [-0.39, 0.29) is 43.9 Å². The molecule has 1 aliphatic carbocycles. The monoisotopic (exact) mass is 468 g/mol. The fourth-order valence-electron chi connectivity index (χ4n) is 4.41. The van der Waals surface area contributed by atoms with Crippen LogP contribution in [0.2, 0.25) is 0 Å². The molecule has 0 spiro atoms. The van der Waals surface area contributed by atoms with Crippen LogP contribution in [-0.2, 0) is 14.3 Å². The van der Waals surface area contributed by atoms with E-state index in [1.807, 2.05) is 38.1 Å². The number of rotatable bonds is 11. The van der Waals surface area contributed by atoms with Crippen molar-refractivity contribution in [3.63, 3.8) is 0 Å². The molecule has 34 heavy (non-hydrogen) atoms. The minimum Gasteiger partial charge on any atom is -0.479 e. The molecule has 0 saturated heterocycles. The average Bonchev–Trinajstić information content (AvgIpc) is 3.13. The Morgan fingerprint density at radius 2 is 1.53 bits per heavy atom. The Bertz CT molecular complexity index is 976. The number of nitrogens with one attached hydrogen (secondary N) is 2. The van der Waals surface area contributed by atoms with Crippen LogP contribution < -0.4 is 10.6 Å². The summed E-state index contributed by atoms with van der Waals surface area (Å²) in [6.07, 6.45) is -1.39. The van der Waals surface area contributed by atoms with E-state index in [9.17, 15) is 19.5 Å². The van der Waals surface area contributed by atoms with Gasteiger partial charge >= 0.3 is 12.1 Å². The molecule has 0 aliphatic heterocycles. The van der Waals surface area contributed by atoms with E-state index in [2.05, 4.69) is 34.9 Å². The van der Waals surface area contributed by atoms with Crippen LogP contribution in [0.5, 0.6) is 0 Å². The number of benzene rings is 2. The number of carboxylic acids is 1. The third kappa shape index (κ3) is 6.57. The molecule has 2 amide bonds. The maximum atomic E-state index is 12.5. The van der Waals surface area contributed by atoms with Crippen molar-refractivity contribution >= 4 is 18.0 Å². The summed E-state index contributed by atoms with van der Waals surface area (Å²) in [5, 5.41) is 23.2. The Balaban J connectivity index is 1.52. The van der Waals surface area contributed by atoms with Gasteiger partial charge in [0.15, 0.2) is 6.10 Å². The Labute approximate surface area is 199 Å². The van der Waals surface area contributed by atoms with Crippen molar-refractivity contribution in [1.82, 2.24) is 10.6 Å². The number of aliphatic hydroxyl groups is 1. The van der Waals surface area contributed by atoms with Gasteiger partial charge in [0.25, 0.3) is 0 Å². The largest absolute Gasteiger partial charge is 0.479 e. The highest BCUT2D eigenvalue weighted by Gasteiger charge is 2.29. The van der Waals surface area contributed by atoms with Crippen LogP contribution in [0.3, 0.4) is 0 Å². The van der Waals surface area contributed by atoms with Crippen molar-refractivity contribution in [3.05, 3.63) is 59.7 Å². The van der Waals surface area contributed by atoms with Gasteiger partial charge in [-0.05, 0) is 40.5 Å². The van der Waals surface area contributed by atoms with Crippen LogP contribution in [0.25, 0.3) is 11.1 Å². The van der Waals surface area contributed by atoms with Gasteiger partial charge in [0.2, 0.25) is 5.91 Å². The lowest BCUT2D eigenvalue weighted by atomic mass is 9.93. The standard InChI is InChI=1S/C26H32N2O6/c1-16(2)11-17(12-24(30)27-14-23(29)25(31)32)13-28-26(33)34-15-22-20-9-5-3-7-18(20)19-8-4-6-10-21(19)22/h3-10,16-17,22-23,29H,11-15H2,1-2H3,(H,27,30)(H,28,33)(H,31,32)/t17?,23-/m0/s1. The van der Waals surface area contributed by atoms with Gasteiger partial charge in [-0.15, -0.1) is 0 Å². The second-order valence-electron chi connectivity index (χ2n) is 9.06. The summed E-state index contributed by atoms with van der Waals surface area (Å²) in [6, 6.07) is 16.2. The zero-order valence-corrected chi connectivity index (χ0v) is 19.5. The van der Waals surface area contributed by atoms with E-state index in [4.69, 9.17) is 9.84 Å². The summed E-state index contributed by atoms with van der Waals surface area (Å²) in [5.74, 6) is -1.65. The molecule has 8 nitrogen and oxygen atoms in total. The second-order valence-corrected chi connectivity index (χ2v) is 9.06. The summed E-state index contributed by atoms with van der Waals surface area (Å²) in [5.41, 5.74) is 4.58. The van der Waals surface area contributed by atoms with Crippen molar-refractivity contribution in [2.24, 2.45) is 11.8 Å². The smallest absolute Gasteiger partial charge is 0.407 e. The molecule has 2 aromatic carbocycles. The maximum absolute atomic E-state index is 12.5. The van der Waals surface area contributed by atoms with Crippen molar-refractivity contribution < 1.29 is 29.3 Å². The van der Waals surface area contributed by atoms with E-state index in [1.54, 1.807) is 0 Å². The van der Waals surface area contributed by atoms with Crippen LogP contribution in [0, 0.1) is 11.8 Å². The molecule has 1 aliphatic rings. The van der Waals surface area contributed by atoms with Crippen LogP contribution >= 0.6 is 0 Å². The van der Waals surface area contributed by atoms with Gasteiger partial charge in [0, 0.05) is 18.9 Å². The highest BCUT2D eigenvalue weighted by molar-refractivity contribution is 5.79. The predicted molar refractivity (Wildman–Crippen MR) is 127 cm³/mol. The SMILES string of the molecule is CC(C)CC(CNC(=O)OCC1c2ccccc2-c2ccccc21)CC(=O)NC[C@H](O)C(=O)O. The number of aliphatic carboxylic acids is 1. The topological polar surface area (TPSA) is 125 Å². The number of amides is 2. The zero-order chi connectivity index (χ0) is 24.7.